The zero-order valence-corrected chi connectivity index (χ0v) is 14.2. The predicted molar refractivity (Wildman–Crippen MR) is 86.0 cm³/mol. The lowest BCUT2D eigenvalue weighted by atomic mass is 9.75. The maximum atomic E-state index is 13.0. The van der Waals surface area contributed by atoms with E-state index in [1.165, 1.54) is 14.2 Å². The summed E-state index contributed by atoms with van der Waals surface area (Å²) in [6.07, 6.45) is 1.45. The van der Waals surface area contributed by atoms with E-state index in [9.17, 15) is 14.4 Å². The van der Waals surface area contributed by atoms with Crippen molar-refractivity contribution < 1.29 is 28.6 Å². The lowest BCUT2D eigenvalue weighted by Gasteiger charge is -2.26. The Labute approximate surface area is 141 Å². The van der Waals surface area contributed by atoms with Gasteiger partial charge in [0.15, 0.2) is 5.78 Å². The van der Waals surface area contributed by atoms with E-state index < -0.39 is 5.41 Å². The second-order valence-electron chi connectivity index (χ2n) is 5.96. The van der Waals surface area contributed by atoms with Crippen LogP contribution >= 0.6 is 0 Å². The lowest BCUT2D eigenvalue weighted by Crippen LogP contribution is -2.30. The van der Waals surface area contributed by atoms with Crippen LogP contribution in [0.3, 0.4) is 0 Å². The SMILES string of the molecule is COC(=O)CCC1(CCC(=O)OC)Cc2ccc(OC)cc2C1=O. The number of carbonyl (C=O) groups excluding carboxylic acids is 3. The van der Waals surface area contributed by atoms with Crippen LogP contribution in [0.5, 0.6) is 5.75 Å². The van der Waals surface area contributed by atoms with E-state index in [4.69, 9.17) is 4.74 Å². The fraction of sp³-hybridized carbons (Fsp3) is 0.500. The summed E-state index contributed by atoms with van der Waals surface area (Å²) in [6.45, 7) is 0. The average molecular weight is 334 g/mol. The third kappa shape index (κ3) is 3.58. The van der Waals surface area contributed by atoms with E-state index >= 15 is 0 Å². The Morgan fingerprint density at radius 1 is 1.04 bits per heavy atom. The van der Waals surface area contributed by atoms with Crippen LogP contribution in [0.4, 0.5) is 0 Å². The Hall–Kier alpha value is -2.37. The Morgan fingerprint density at radius 3 is 2.12 bits per heavy atom. The van der Waals surface area contributed by atoms with Crippen LogP contribution in [0.15, 0.2) is 18.2 Å². The largest absolute Gasteiger partial charge is 0.497 e. The van der Waals surface area contributed by atoms with Gasteiger partial charge in [-0.2, -0.15) is 0 Å². The number of ether oxygens (including phenoxy) is 3. The van der Waals surface area contributed by atoms with Crippen molar-refractivity contribution in [3.05, 3.63) is 29.3 Å². The van der Waals surface area contributed by atoms with Crippen LogP contribution < -0.4 is 4.74 Å². The van der Waals surface area contributed by atoms with Crippen molar-refractivity contribution in [3.8, 4) is 5.75 Å². The average Bonchev–Trinajstić information content (AvgIpc) is 2.89. The molecule has 1 aromatic carbocycles. The van der Waals surface area contributed by atoms with Crippen molar-refractivity contribution in [1.82, 2.24) is 0 Å². The highest BCUT2D eigenvalue weighted by Crippen LogP contribution is 2.45. The zero-order chi connectivity index (χ0) is 17.7. The summed E-state index contributed by atoms with van der Waals surface area (Å²) in [5, 5.41) is 0. The molecule has 0 amide bonds. The fourth-order valence-electron chi connectivity index (χ4n) is 3.19. The Balaban J connectivity index is 2.27. The number of ketones is 1. The highest BCUT2D eigenvalue weighted by molar-refractivity contribution is 6.05. The Kier molecular flexibility index (Phi) is 5.59. The molecule has 0 aliphatic heterocycles. The molecule has 130 valence electrons. The number of rotatable bonds is 7. The van der Waals surface area contributed by atoms with Crippen LogP contribution in [0.2, 0.25) is 0 Å². The van der Waals surface area contributed by atoms with Gasteiger partial charge < -0.3 is 14.2 Å². The predicted octanol–water partition coefficient (Wildman–Crippen LogP) is 2.33. The molecule has 0 radical (unpaired) electrons. The van der Waals surface area contributed by atoms with E-state index in [-0.39, 0.29) is 30.6 Å². The van der Waals surface area contributed by atoms with Crippen molar-refractivity contribution in [3.63, 3.8) is 0 Å². The molecule has 0 N–H and O–H groups in total. The highest BCUT2D eigenvalue weighted by Gasteiger charge is 2.45. The van der Waals surface area contributed by atoms with Crippen LogP contribution in [0, 0.1) is 5.41 Å². The van der Waals surface area contributed by atoms with Crippen molar-refractivity contribution in [2.24, 2.45) is 5.41 Å². The molecule has 0 saturated heterocycles. The van der Waals surface area contributed by atoms with Crippen molar-refractivity contribution in [2.75, 3.05) is 21.3 Å². The molecule has 0 heterocycles. The first-order chi connectivity index (χ1) is 11.5. The van der Waals surface area contributed by atoms with Gasteiger partial charge in [-0.1, -0.05) is 6.07 Å². The number of hydrogen-bond donors (Lipinski definition) is 0. The molecule has 0 bridgehead atoms. The van der Waals surface area contributed by atoms with Gasteiger partial charge >= 0.3 is 11.9 Å². The summed E-state index contributed by atoms with van der Waals surface area (Å²) in [7, 11) is 4.18. The summed E-state index contributed by atoms with van der Waals surface area (Å²) >= 11 is 0. The number of benzene rings is 1. The first-order valence-electron chi connectivity index (χ1n) is 7.81. The highest BCUT2D eigenvalue weighted by atomic mass is 16.5. The van der Waals surface area contributed by atoms with Gasteiger partial charge in [0.25, 0.3) is 0 Å². The molecule has 2 rings (SSSR count). The number of esters is 2. The van der Waals surface area contributed by atoms with Gasteiger partial charge in [0.2, 0.25) is 0 Å². The molecule has 0 unspecified atom stereocenters. The van der Waals surface area contributed by atoms with E-state index in [1.807, 2.05) is 12.1 Å². The maximum Gasteiger partial charge on any atom is 0.305 e. The first-order valence-corrected chi connectivity index (χ1v) is 7.81. The number of Topliss-reactive ketones (excluding diaryl/α,β-unsaturated/α-hetero) is 1. The topological polar surface area (TPSA) is 78.9 Å². The van der Waals surface area contributed by atoms with Crippen molar-refractivity contribution >= 4 is 17.7 Å². The Morgan fingerprint density at radius 2 is 1.62 bits per heavy atom. The standard InChI is InChI=1S/C18H22O6/c1-22-13-5-4-12-11-18(8-6-15(19)23-2,9-7-16(20)24-3)17(21)14(12)10-13/h4-5,10H,6-9,11H2,1-3H3. The van der Waals surface area contributed by atoms with Crippen LogP contribution in [-0.4, -0.2) is 39.1 Å². The molecule has 1 aromatic rings. The van der Waals surface area contributed by atoms with Crippen LogP contribution in [0.25, 0.3) is 0 Å². The molecule has 6 heteroatoms. The van der Waals surface area contributed by atoms with Crippen molar-refractivity contribution in [1.29, 1.82) is 0 Å². The molecule has 24 heavy (non-hydrogen) atoms. The maximum absolute atomic E-state index is 13.0. The zero-order valence-electron chi connectivity index (χ0n) is 14.2. The number of hydrogen-bond acceptors (Lipinski definition) is 6. The smallest absolute Gasteiger partial charge is 0.305 e. The van der Waals surface area contributed by atoms with E-state index in [1.54, 1.807) is 13.2 Å². The van der Waals surface area contributed by atoms with Gasteiger partial charge in [0.1, 0.15) is 5.75 Å². The minimum Gasteiger partial charge on any atom is -0.497 e. The third-order valence-corrected chi connectivity index (χ3v) is 4.64. The molecular formula is C18H22O6. The van der Waals surface area contributed by atoms with Gasteiger partial charge in [-0.05, 0) is 37.0 Å². The van der Waals surface area contributed by atoms with Crippen LogP contribution in [-0.2, 0) is 25.5 Å². The normalized spacial score (nSPS) is 14.9. The molecule has 0 aromatic heterocycles. The van der Waals surface area contributed by atoms with E-state index in [2.05, 4.69) is 9.47 Å². The van der Waals surface area contributed by atoms with Gasteiger partial charge in [0.05, 0.1) is 21.3 Å². The lowest BCUT2D eigenvalue weighted by molar-refractivity contribution is -0.141. The minimum atomic E-state index is -0.781. The first kappa shape index (κ1) is 18.0. The summed E-state index contributed by atoms with van der Waals surface area (Å²) in [4.78, 5) is 36.1. The Bertz CT molecular complexity index is 629. The van der Waals surface area contributed by atoms with Crippen molar-refractivity contribution in [2.45, 2.75) is 32.1 Å². The molecule has 0 saturated carbocycles. The van der Waals surface area contributed by atoms with Gasteiger partial charge in [0, 0.05) is 23.8 Å². The third-order valence-electron chi connectivity index (χ3n) is 4.64. The summed E-state index contributed by atoms with van der Waals surface area (Å²) in [5.74, 6) is -0.175. The number of carbonyl (C=O) groups is 3. The molecular weight excluding hydrogens is 312 g/mol. The molecule has 0 spiro atoms. The molecule has 6 nitrogen and oxygen atoms in total. The van der Waals surface area contributed by atoms with Crippen LogP contribution in [0.1, 0.15) is 41.6 Å². The second-order valence-corrected chi connectivity index (χ2v) is 5.96. The van der Waals surface area contributed by atoms with E-state index in [0.29, 0.717) is 30.6 Å². The molecule has 1 aliphatic carbocycles. The number of fused-ring (bicyclic) bond motifs is 1. The minimum absolute atomic E-state index is 0.0517. The van der Waals surface area contributed by atoms with Gasteiger partial charge in [-0.15, -0.1) is 0 Å². The second kappa shape index (κ2) is 7.47. The summed E-state index contributed by atoms with van der Waals surface area (Å²) < 4.78 is 14.6. The molecule has 0 fully saturated rings. The van der Waals surface area contributed by atoms with Gasteiger partial charge in [-0.3, -0.25) is 14.4 Å². The summed E-state index contributed by atoms with van der Waals surface area (Å²) in [6, 6.07) is 5.39. The molecule has 1 aliphatic rings. The quantitative estimate of drug-likeness (QED) is 0.712. The molecule has 0 atom stereocenters. The number of methoxy groups -OCH3 is 3. The van der Waals surface area contributed by atoms with E-state index in [0.717, 1.165) is 5.56 Å². The monoisotopic (exact) mass is 334 g/mol. The summed E-state index contributed by atoms with van der Waals surface area (Å²) in [5.41, 5.74) is 0.733. The fourth-order valence-corrected chi connectivity index (χ4v) is 3.19. The van der Waals surface area contributed by atoms with Gasteiger partial charge in [-0.25, -0.2) is 0 Å².